The van der Waals surface area contributed by atoms with Crippen molar-refractivity contribution in [2.24, 2.45) is 5.92 Å². The number of benzene rings is 2. The van der Waals surface area contributed by atoms with Crippen molar-refractivity contribution in [1.82, 2.24) is 14.7 Å². The van der Waals surface area contributed by atoms with E-state index in [4.69, 9.17) is 16.3 Å². The van der Waals surface area contributed by atoms with Crippen LogP contribution < -0.4 is 0 Å². The van der Waals surface area contributed by atoms with E-state index in [1.54, 1.807) is 39.8 Å². The largest absolute Gasteiger partial charge is 0.459 e. The number of carbonyl (C=O) groups is 2. The lowest BCUT2D eigenvalue weighted by molar-refractivity contribution is -0.171. The van der Waals surface area contributed by atoms with Crippen molar-refractivity contribution in [3.05, 3.63) is 69.5 Å². The van der Waals surface area contributed by atoms with Gasteiger partial charge >= 0.3 is 5.97 Å². The van der Waals surface area contributed by atoms with Crippen LogP contribution in [0.2, 0.25) is 5.02 Å². The Morgan fingerprint density at radius 1 is 0.911 bits per heavy atom. The molecule has 0 saturated carbocycles. The number of carbonyl (C=O) groups excluding carboxylic acids is 2. The Hall–Kier alpha value is -2.62. The molecule has 248 valence electrons. The first kappa shape index (κ1) is 35.2. The molecule has 2 aliphatic rings. The minimum atomic E-state index is -1.33. The van der Waals surface area contributed by atoms with Crippen molar-refractivity contribution in [3.8, 4) is 0 Å². The van der Waals surface area contributed by atoms with E-state index in [-0.39, 0.29) is 41.0 Å². The summed E-state index contributed by atoms with van der Waals surface area (Å²) >= 11 is 6.04. The number of piperazine rings is 1. The zero-order chi connectivity index (χ0) is 33.6. The number of rotatable bonds is 6. The third-order valence-corrected chi connectivity index (χ3v) is 9.52. The fraction of sp³-hybridized carbons (Fsp3) is 0.600. The number of likely N-dealkylation sites (tertiary alicyclic amines) is 1. The maximum absolute atomic E-state index is 15.2. The summed E-state index contributed by atoms with van der Waals surface area (Å²) in [7, 11) is 0. The Kier molecular flexibility index (Phi) is 10.1. The van der Waals surface area contributed by atoms with E-state index in [0.717, 1.165) is 0 Å². The number of esters is 1. The molecular weight excluding hydrogens is 603 g/mol. The molecule has 0 bridgehead atoms. The van der Waals surface area contributed by atoms with E-state index in [0.29, 0.717) is 43.3 Å². The fourth-order valence-corrected chi connectivity index (χ4v) is 6.72. The normalized spacial score (nSPS) is 23.2. The third kappa shape index (κ3) is 7.52. The zero-order valence-corrected chi connectivity index (χ0v) is 28.7. The molecule has 2 heterocycles. The van der Waals surface area contributed by atoms with Gasteiger partial charge in [0.2, 0.25) is 5.91 Å². The van der Waals surface area contributed by atoms with Crippen molar-refractivity contribution in [3.63, 3.8) is 0 Å². The Morgan fingerprint density at radius 2 is 1.58 bits per heavy atom. The molecule has 6 nitrogen and oxygen atoms in total. The Morgan fingerprint density at radius 3 is 2.16 bits per heavy atom. The second-order valence-corrected chi connectivity index (χ2v) is 15.3. The van der Waals surface area contributed by atoms with E-state index in [1.165, 1.54) is 25.1 Å². The zero-order valence-electron chi connectivity index (χ0n) is 27.9. The molecule has 0 radical (unpaired) electrons. The maximum Gasteiger partial charge on any atom is 0.327 e. The van der Waals surface area contributed by atoms with Gasteiger partial charge in [0.1, 0.15) is 17.0 Å². The number of ether oxygens (including phenoxy) is 1. The van der Waals surface area contributed by atoms with Crippen LogP contribution >= 0.6 is 11.6 Å². The fourth-order valence-electron chi connectivity index (χ4n) is 6.56. The Labute approximate surface area is 270 Å². The van der Waals surface area contributed by atoms with E-state index in [1.807, 2.05) is 16.7 Å². The SMILES string of the molecule is Cc1ccc(C[C@@](C)(C(=O)OC(C)(C)C)N2CCN(C(=O)[C@@H]3CN(C(C)(C)C)C[C@H]3c3ccc(Cl)cc3F)[C@@H](C)C2)c(F)c1F. The summed E-state index contributed by atoms with van der Waals surface area (Å²) in [5.74, 6) is -3.78. The summed E-state index contributed by atoms with van der Waals surface area (Å²) in [6, 6.07) is 7.33. The van der Waals surface area contributed by atoms with Gasteiger partial charge in [0.15, 0.2) is 11.6 Å². The lowest BCUT2D eigenvalue weighted by atomic mass is 9.86. The number of halogens is 4. The maximum atomic E-state index is 15.2. The second-order valence-electron chi connectivity index (χ2n) is 14.9. The van der Waals surface area contributed by atoms with Crippen LogP contribution in [0.15, 0.2) is 30.3 Å². The first-order chi connectivity index (χ1) is 20.7. The van der Waals surface area contributed by atoms with Gasteiger partial charge in [0.05, 0.1) is 5.92 Å². The molecule has 2 aromatic rings. The van der Waals surface area contributed by atoms with Crippen LogP contribution in [0.5, 0.6) is 0 Å². The molecule has 10 heteroatoms. The van der Waals surface area contributed by atoms with Crippen LogP contribution in [0.25, 0.3) is 0 Å². The van der Waals surface area contributed by atoms with Crippen LogP contribution in [0.1, 0.15) is 78.0 Å². The van der Waals surface area contributed by atoms with Gasteiger partial charge in [0, 0.05) is 61.7 Å². The quantitative estimate of drug-likeness (QED) is 0.324. The highest BCUT2D eigenvalue weighted by Crippen LogP contribution is 2.40. The van der Waals surface area contributed by atoms with Gasteiger partial charge in [-0.2, -0.15) is 0 Å². The molecule has 1 amide bonds. The van der Waals surface area contributed by atoms with Crippen molar-refractivity contribution in [1.29, 1.82) is 0 Å². The molecule has 0 spiro atoms. The molecule has 2 aliphatic heterocycles. The number of nitrogens with zero attached hydrogens (tertiary/aromatic N) is 3. The molecule has 0 aliphatic carbocycles. The first-order valence-corrected chi connectivity index (χ1v) is 16.0. The molecule has 2 saturated heterocycles. The van der Waals surface area contributed by atoms with Gasteiger partial charge in [-0.05, 0) is 91.1 Å². The van der Waals surface area contributed by atoms with Crippen LogP contribution in [-0.2, 0) is 20.7 Å². The summed E-state index contributed by atoms with van der Waals surface area (Å²) in [5.41, 5.74) is -1.61. The van der Waals surface area contributed by atoms with Crippen molar-refractivity contribution in [2.75, 3.05) is 32.7 Å². The summed E-state index contributed by atoms with van der Waals surface area (Å²) in [6.07, 6.45) is -0.104. The van der Waals surface area contributed by atoms with E-state index in [2.05, 4.69) is 25.7 Å². The standard InChI is InChI=1S/C35H47ClF3N3O3/c1-21-10-11-23(30(39)29(21)38)17-35(9,32(44)45-34(6,7)8)40-14-15-42(22(2)18-40)31(43)27-20-41(33(3,4)5)19-26(27)25-13-12-24(36)16-28(25)37/h10-13,16,22,26-27H,14-15,17-20H2,1-9H3/t22-,26-,27+,35-/m0/s1. The molecular formula is C35H47ClF3N3O3. The van der Waals surface area contributed by atoms with Gasteiger partial charge in [0.25, 0.3) is 0 Å². The monoisotopic (exact) mass is 649 g/mol. The smallest absolute Gasteiger partial charge is 0.327 e. The molecule has 4 rings (SSSR count). The number of aryl methyl sites for hydroxylation is 1. The van der Waals surface area contributed by atoms with Crippen LogP contribution in [0.3, 0.4) is 0 Å². The highest BCUT2D eigenvalue weighted by molar-refractivity contribution is 6.30. The number of hydrogen-bond donors (Lipinski definition) is 0. The van der Waals surface area contributed by atoms with Gasteiger partial charge in [-0.25, -0.2) is 13.2 Å². The summed E-state index contributed by atoms with van der Waals surface area (Å²) in [4.78, 5) is 34.0. The summed E-state index contributed by atoms with van der Waals surface area (Å²) in [5, 5.41) is 0.302. The molecule has 2 fully saturated rings. The van der Waals surface area contributed by atoms with Crippen LogP contribution in [0.4, 0.5) is 13.2 Å². The van der Waals surface area contributed by atoms with Gasteiger partial charge in [-0.3, -0.25) is 19.4 Å². The molecule has 0 unspecified atom stereocenters. The Bertz CT molecular complexity index is 1440. The molecule has 45 heavy (non-hydrogen) atoms. The highest BCUT2D eigenvalue weighted by atomic mass is 35.5. The predicted molar refractivity (Wildman–Crippen MR) is 171 cm³/mol. The molecule has 2 aromatic carbocycles. The first-order valence-electron chi connectivity index (χ1n) is 15.7. The topological polar surface area (TPSA) is 53.1 Å². The van der Waals surface area contributed by atoms with Crippen LogP contribution in [0, 0.1) is 30.3 Å². The average Bonchev–Trinajstić information content (AvgIpc) is 3.38. The lowest BCUT2D eigenvalue weighted by Crippen LogP contribution is -2.65. The highest BCUT2D eigenvalue weighted by Gasteiger charge is 2.49. The number of hydrogen-bond acceptors (Lipinski definition) is 5. The second kappa shape index (κ2) is 12.9. The molecule has 0 aromatic heterocycles. The van der Waals surface area contributed by atoms with E-state index in [9.17, 15) is 14.0 Å². The summed E-state index contributed by atoms with van der Waals surface area (Å²) in [6.45, 7) is 18.6. The molecule has 0 N–H and O–H groups in total. The lowest BCUT2D eigenvalue weighted by Gasteiger charge is -2.48. The average molecular weight is 650 g/mol. The number of amides is 1. The van der Waals surface area contributed by atoms with Crippen molar-refractivity contribution in [2.45, 2.75) is 97.4 Å². The third-order valence-electron chi connectivity index (χ3n) is 9.28. The minimum absolute atomic E-state index is 0.0705. The molecule has 4 atom stereocenters. The summed E-state index contributed by atoms with van der Waals surface area (Å²) < 4.78 is 50.6. The van der Waals surface area contributed by atoms with Crippen LogP contribution in [-0.4, -0.2) is 82.0 Å². The van der Waals surface area contributed by atoms with E-state index < -0.39 is 40.5 Å². The van der Waals surface area contributed by atoms with Crippen molar-refractivity contribution >= 4 is 23.5 Å². The van der Waals surface area contributed by atoms with Crippen molar-refractivity contribution < 1.29 is 27.5 Å². The Balaban J connectivity index is 1.61. The van der Waals surface area contributed by atoms with E-state index >= 15 is 8.78 Å². The minimum Gasteiger partial charge on any atom is -0.459 e. The van der Waals surface area contributed by atoms with Gasteiger partial charge in [-0.1, -0.05) is 29.8 Å². The van der Waals surface area contributed by atoms with Gasteiger partial charge in [-0.15, -0.1) is 0 Å². The predicted octanol–water partition coefficient (Wildman–Crippen LogP) is 6.76. The van der Waals surface area contributed by atoms with Gasteiger partial charge < -0.3 is 9.64 Å².